The first-order valence-electron chi connectivity index (χ1n) is 7.62. The van der Waals surface area contributed by atoms with Crippen LogP contribution < -0.4 is 14.8 Å². The Labute approximate surface area is 129 Å². The van der Waals surface area contributed by atoms with E-state index in [-0.39, 0.29) is 5.91 Å². The molecule has 1 aliphatic heterocycles. The zero-order valence-corrected chi connectivity index (χ0v) is 12.2. The first-order chi connectivity index (χ1) is 10.8. The fraction of sp³-hybridized carbons (Fsp3) is 0.278. The van der Waals surface area contributed by atoms with Crippen molar-refractivity contribution in [3.63, 3.8) is 0 Å². The molecule has 22 heavy (non-hydrogen) atoms. The van der Waals surface area contributed by atoms with Crippen molar-refractivity contribution in [2.45, 2.75) is 19.3 Å². The molecule has 2 aromatic rings. The van der Waals surface area contributed by atoms with E-state index in [2.05, 4.69) is 17.4 Å². The maximum Gasteiger partial charge on any atom is 0.255 e. The minimum atomic E-state index is -0.130. The highest BCUT2D eigenvalue weighted by atomic mass is 16.6. The molecule has 0 atom stereocenters. The van der Waals surface area contributed by atoms with Crippen molar-refractivity contribution in [1.82, 2.24) is 0 Å². The standard InChI is InChI=1S/C18H17NO3/c20-18(14-5-7-16-17(11-14)22-9-8-21-16)19-15-6-4-12-2-1-3-13(12)10-15/h4-7,10-11H,1-3,8-9H2,(H,19,20). The van der Waals surface area contributed by atoms with Gasteiger partial charge >= 0.3 is 0 Å². The van der Waals surface area contributed by atoms with E-state index < -0.39 is 0 Å². The van der Waals surface area contributed by atoms with E-state index in [4.69, 9.17) is 9.47 Å². The lowest BCUT2D eigenvalue weighted by Gasteiger charge is -2.18. The molecule has 4 nitrogen and oxygen atoms in total. The summed E-state index contributed by atoms with van der Waals surface area (Å²) in [5.74, 6) is 1.20. The van der Waals surface area contributed by atoms with Crippen LogP contribution in [-0.4, -0.2) is 19.1 Å². The van der Waals surface area contributed by atoms with Crippen LogP contribution in [0.1, 0.15) is 27.9 Å². The summed E-state index contributed by atoms with van der Waals surface area (Å²) < 4.78 is 11.0. The molecule has 0 saturated carbocycles. The number of amides is 1. The molecule has 1 heterocycles. The molecular weight excluding hydrogens is 278 g/mol. The van der Waals surface area contributed by atoms with Gasteiger partial charge in [-0.15, -0.1) is 0 Å². The van der Waals surface area contributed by atoms with Gasteiger partial charge in [0.15, 0.2) is 11.5 Å². The smallest absolute Gasteiger partial charge is 0.255 e. The summed E-state index contributed by atoms with van der Waals surface area (Å²) in [5, 5.41) is 2.96. The van der Waals surface area contributed by atoms with Crippen LogP contribution in [0.25, 0.3) is 0 Å². The Hall–Kier alpha value is -2.49. The fourth-order valence-electron chi connectivity index (χ4n) is 3.04. The van der Waals surface area contributed by atoms with Crippen molar-refractivity contribution in [1.29, 1.82) is 0 Å². The number of hydrogen-bond donors (Lipinski definition) is 1. The van der Waals surface area contributed by atoms with E-state index in [0.717, 1.165) is 18.5 Å². The van der Waals surface area contributed by atoms with Gasteiger partial charge in [-0.25, -0.2) is 0 Å². The Morgan fingerprint density at radius 3 is 2.64 bits per heavy atom. The van der Waals surface area contributed by atoms with E-state index in [9.17, 15) is 4.79 Å². The van der Waals surface area contributed by atoms with Crippen molar-refractivity contribution in [3.8, 4) is 11.5 Å². The molecule has 1 amide bonds. The minimum Gasteiger partial charge on any atom is -0.486 e. The predicted molar refractivity (Wildman–Crippen MR) is 83.9 cm³/mol. The second-order valence-corrected chi connectivity index (χ2v) is 5.65. The largest absolute Gasteiger partial charge is 0.486 e. The predicted octanol–water partition coefficient (Wildman–Crippen LogP) is 3.20. The average molecular weight is 295 g/mol. The van der Waals surface area contributed by atoms with Gasteiger partial charge in [0, 0.05) is 11.3 Å². The van der Waals surface area contributed by atoms with Crippen LogP contribution in [0.5, 0.6) is 11.5 Å². The van der Waals surface area contributed by atoms with Crippen LogP contribution in [0.3, 0.4) is 0 Å². The summed E-state index contributed by atoms with van der Waals surface area (Å²) in [6.45, 7) is 1.07. The summed E-state index contributed by atoms with van der Waals surface area (Å²) in [7, 11) is 0. The number of aryl methyl sites for hydroxylation is 2. The van der Waals surface area contributed by atoms with Gasteiger partial charge in [0.1, 0.15) is 13.2 Å². The van der Waals surface area contributed by atoms with E-state index in [1.807, 2.05) is 6.07 Å². The molecule has 1 aliphatic carbocycles. The molecule has 0 aromatic heterocycles. The number of fused-ring (bicyclic) bond motifs is 2. The normalized spacial score (nSPS) is 15.3. The van der Waals surface area contributed by atoms with Crippen molar-refractivity contribution in [2.24, 2.45) is 0 Å². The molecule has 1 N–H and O–H groups in total. The lowest BCUT2D eigenvalue weighted by atomic mass is 10.1. The SMILES string of the molecule is O=C(Nc1ccc2c(c1)CCC2)c1ccc2c(c1)OCCO2. The first kappa shape index (κ1) is 13.2. The molecule has 0 radical (unpaired) electrons. The summed E-state index contributed by atoms with van der Waals surface area (Å²) >= 11 is 0. The quantitative estimate of drug-likeness (QED) is 0.925. The van der Waals surface area contributed by atoms with Crippen LogP contribution in [0, 0.1) is 0 Å². The van der Waals surface area contributed by atoms with Crippen LogP contribution in [0.4, 0.5) is 5.69 Å². The lowest BCUT2D eigenvalue weighted by molar-refractivity contribution is 0.102. The molecule has 4 heteroatoms. The molecule has 0 fully saturated rings. The van der Waals surface area contributed by atoms with E-state index in [1.165, 1.54) is 17.5 Å². The Kier molecular flexibility index (Phi) is 3.22. The number of carbonyl (C=O) groups is 1. The van der Waals surface area contributed by atoms with Crippen LogP contribution in [-0.2, 0) is 12.8 Å². The Bertz CT molecular complexity index is 739. The van der Waals surface area contributed by atoms with Crippen LogP contribution >= 0.6 is 0 Å². The third-order valence-electron chi connectivity index (χ3n) is 4.16. The Balaban J connectivity index is 1.54. The molecule has 0 bridgehead atoms. The lowest BCUT2D eigenvalue weighted by Crippen LogP contribution is -2.17. The Morgan fingerprint density at radius 2 is 1.73 bits per heavy atom. The molecule has 0 spiro atoms. The third-order valence-corrected chi connectivity index (χ3v) is 4.16. The van der Waals surface area contributed by atoms with Gasteiger partial charge < -0.3 is 14.8 Å². The number of benzene rings is 2. The highest BCUT2D eigenvalue weighted by molar-refractivity contribution is 6.04. The topological polar surface area (TPSA) is 47.6 Å². The maximum atomic E-state index is 12.4. The van der Waals surface area contributed by atoms with Crippen LogP contribution in [0.2, 0.25) is 0 Å². The number of ether oxygens (including phenoxy) is 2. The Morgan fingerprint density at radius 1 is 0.909 bits per heavy atom. The van der Waals surface area contributed by atoms with Gasteiger partial charge in [0.25, 0.3) is 5.91 Å². The number of carbonyl (C=O) groups excluding carboxylic acids is 1. The van der Waals surface area contributed by atoms with Crippen molar-refractivity contribution in [2.75, 3.05) is 18.5 Å². The third kappa shape index (κ3) is 2.41. The van der Waals surface area contributed by atoms with Gasteiger partial charge in [0.05, 0.1) is 0 Å². The number of hydrogen-bond acceptors (Lipinski definition) is 3. The van der Waals surface area contributed by atoms with Crippen molar-refractivity contribution in [3.05, 3.63) is 53.1 Å². The van der Waals surface area contributed by atoms with Crippen molar-refractivity contribution < 1.29 is 14.3 Å². The summed E-state index contributed by atoms with van der Waals surface area (Å²) in [4.78, 5) is 12.4. The molecule has 2 aliphatic rings. The average Bonchev–Trinajstić information content (AvgIpc) is 3.02. The fourth-order valence-corrected chi connectivity index (χ4v) is 3.04. The summed E-state index contributed by atoms with van der Waals surface area (Å²) in [5.41, 5.74) is 4.17. The van der Waals surface area contributed by atoms with Gasteiger partial charge in [-0.05, 0) is 60.7 Å². The van der Waals surface area contributed by atoms with E-state index >= 15 is 0 Å². The summed E-state index contributed by atoms with van der Waals surface area (Å²) in [6.07, 6.45) is 3.45. The summed E-state index contributed by atoms with van der Waals surface area (Å²) in [6, 6.07) is 11.4. The number of anilines is 1. The molecular formula is C18H17NO3. The molecule has 0 unspecified atom stereocenters. The first-order valence-corrected chi connectivity index (χ1v) is 7.62. The number of rotatable bonds is 2. The molecule has 2 aromatic carbocycles. The molecule has 4 rings (SSSR count). The second kappa shape index (κ2) is 5.37. The number of nitrogens with one attached hydrogen (secondary N) is 1. The van der Waals surface area contributed by atoms with Crippen molar-refractivity contribution >= 4 is 11.6 Å². The van der Waals surface area contributed by atoms with Gasteiger partial charge in [-0.2, -0.15) is 0 Å². The van der Waals surface area contributed by atoms with Gasteiger partial charge in [-0.1, -0.05) is 6.07 Å². The highest BCUT2D eigenvalue weighted by Crippen LogP contribution is 2.31. The van der Waals surface area contributed by atoms with E-state index in [1.54, 1.807) is 18.2 Å². The zero-order chi connectivity index (χ0) is 14.9. The van der Waals surface area contributed by atoms with E-state index in [0.29, 0.717) is 30.3 Å². The van der Waals surface area contributed by atoms with Gasteiger partial charge in [0.2, 0.25) is 0 Å². The zero-order valence-electron chi connectivity index (χ0n) is 12.2. The maximum absolute atomic E-state index is 12.4. The monoisotopic (exact) mass is 295 g/mol. The van der Waals surface area contributed by atoms with Crippen LogP contribution in [0.15, 0.2) is 36.4 Å². The molecule has 0 saturated heterocycles. The minimum absolute atomic E-state index is 0.130. The highest BCUT2D eigenvalue weighted by Gasteiger charge is 2.16. The van der Waals surface area contributed by atoms with Gasteiger partial charge in [-0.3, -0.25) is 4.79 Å². The second-order valence-electron chi connectivity index (χ2n) is 5.65. The molecule has 112 valence electrons.